The van der Waals surface area contributed by atoms with Crippen LogP contribution in [0.4, 0.5) is 0 Å². The van der Waals surface area contributed by atoms with E-state index in [0.717, 1.165) is 0 Å². The van der Waals surface area contributed by atoms with Crippen molar-refractivity contribution >= 4 is 17.7 Å². The Morgan fingerprint density at radius 3 is 2.80 bits per heavy atom. The number of hydrogen-bond donors (Lipinski definition) is 1. The monoisotopic (exact) mass is 211 g/mol. The Hall–Kier alpha value is -1.59. The van der Waals surface area contributed by atoms with Crippen molar-refractivity contribution in [3.63, 3.8) is 0 Å². The lowest BCUT2D eigenvalue weighted by atomic mass is 10.1. The van der Waals surface area contributed by atoms with E-state index in [-0.39, 0.29) is 36.9 Å². The van der Waals surface area contributed by atoms with E-state index in [1.165, 1.54) is 11.8 Å². The summed E-state index contributed by atoms with van der Waals surface area (Å²) in [7, 11) is 0. The average molecular weight is 211 g/mol. The van der Waals surface area contributed by atoms with Gasteiger partial charge in [0.1, 0.15) is 6.54 Å². The third kappa shape index (κ3) is 1.79. The highest BCUT2D eigenvalue weighted by atomic mass is 16.2. The van der Waals surface area contributed by atoms with Crippen LogP contribution in [0.3, 0.4) is 0 Å². The van der Waals surface area contributed by atoms with Crippen LogP contribution in [-0.2, 0) is 14.4 Å². The van der Waals surface area contributed by atoms with Gasteiger partial charge < -0.3 is 15.1 Å². The number of carbonyl (C=O) groups is 3. The molecule has 15 heavy (non-hydrogen) atoms. The van der Waals surface area contributed by atoms with E-state index in [0.29, 0.717) is 13.1 Å². The quantitative estimate of drug-likeness (QED) is 0.512. The maximum atomic E-state index is 11.6. The summed E-state index contributed by atoms with van der Waals surface area (Å²) in [6, 6.07) is -0.0622. The molecule has 3 amide bonds. The van der Waals surface area contributed by atoms with Crippen LogP contribution >= 0.6 is 0 Å². The Morgan fingerprint density at radius 2 is 2.13 bits per heavy atom. The first kappa shape index (κ1) is 9.95. The molecule has 2 rings (SSSR count). The Balaban J connectivity index is 2.11. The van der Waals surface area contributed by atoms with Gasteiger partial charge in [0.05, 0.1) is 12.6 Å². The minimum absolute atomic E-state index is 0.0622. The molecule has 82 valence electrons. The number of fused-ring (bicyclic) bond motifs is 1. The van der Waals surface area contributed by atoms with Crippen LogP contribution in [0, 0.1) is 0 Å². The van der Waals surface area contributed by atoms with Crippen molar-refractivity contribution in [3.8, 4) is 0 Å². The zero-order chi connectivity index (χ0) is 11.0. The Morgan fingerprint density at radius 1 is 1.40 bits per heavy atom. The summed E-state index contributed by atoms with van der Waals surface area (Å²) >= 11 is 0. The summed E-state index contributed by atoms with van der Waals surface area (Å²) in [6.07, 6.45) is 0. The Kier molecular flexibility index (Phi) is 2.34. The maximum Gasteiger partial charge on any atom is 0.243 e. The van der Waals surface area contributed by atoms with Crippen molar-refractivity contribution < 1.29 is 14.4 Å². The molecular weight excluding hydrogens is 198 g/mol. The van der Waals surface area contributed by atoms with Gasteiger partial charge in [0.15, 0.2) is 0 Å². The van der Waals surface area contributed by atoms with E-state index < -0.39 is 0 Å². The van der Waals surface area contributed by atoms with Gasteiger partial charge in [0.2, 0.25) is 17.7 Å². The first-order chi connectivity index (χ1) is 7.08. The van der Waals surface area contributed by atoms with Gasteiger partial charge in [0, 0.05) is 20.0 Å². The van der Waals surface area contributed by atoms with E-state index >= 15 is 0 Å². The normalized spacial score (nSPS) is 26.1. The standard InChI is InChI=1S/C9H13N3O3/c1-6(13)11-3-7-2-10-8(14)4-12(7)9(15)5-11/h7H,2-5H2,1H3,(H,10,14). The van der Waals surface area contributed by atoms with Crippen LogP contribution in [0.5, 0.6) is 0 Å². The molecule has 2 saturated heterocycles. The fourth-order valence-electron chi connectivity index (χ4n) is 1.95. The maximum absolute atomic E-state index is 11.6. The van der Waals surface area contributed by atoms with E-state index in [2.05, 4.69) is 5.32 Å². The molecule has 1 atom stereocenters. The fourth-order valence-corrected chi connectivity index (χ4v) is 1.95. The predicted octanol–water partition coefficient (Wildman–Crippen LogP) is -1.82. The second-order valence-electron chi connectivity index (χ2n) is 3.88. The van der Waals surface area contributed by atoms with Crippen molar-refractivity contribution in [2.75, 3.05) is 26.2 Å². The highest BCUT2D eigenvalue weighted by Crippen LogP contribution is 2.13. The third-order valence-electron chi connectivity index (χ3n) is 2.81. The van der Waals surface area contributed by atoms with Gasteiger partial charge >= 0.3 is 0 Å². The molecule has 1 N–H and O–H groups in total. The van der Waals surface area contributed by atoms with E-state index in [4.69, 9.17) is 0 Å². The van der Waals surface area contributed by atoms with Gasteiger partial charge in [-0.25, -0.2) is 0 Å². The second-order valence-corrected chi connectivity index (χ2v) is 3.88. The molecule has 0 spiro atoms. The lowest BCUT2D eigenvalue weighted by Gasteiger charge is -2.42. The van der Waals surface area contributed by atoms with Crippen LogP contribution < -0.4 is 5.32 Å². The molecule has 2 aliphatic rings. The van der Waals surface area contributed by atoms with Crippen LogP contribution in [0.1, 0.15) is 6.92 Å². The summed E-state index contributed by atoms with van der Waals surface area (Å²) in [5.41, 5.74) is 0. The molecule has 2 fully saturated rings. The molecule has 1 unspecified atom stereocenters. The van der Waals surface area contributed by atoms with Crippen molar-refractivity contribution in [1.29, 1.82) is 0 Å². The lowest BCUT2D eigenvalue weighted by molar-refractivity contribution is -0.152. The zero-order valence-corrected chi connectivity index (χ0v) is 8.52. The third-order valence-corrected chi connectivity index (χ3v) is 2.81. The van der Waals surface area contributed by atoms with E-state index in [1.807, 2.05) is 0 Å². The largest absolute Gasteiger partial charge is 0.352 e. The number of hydrogen-bond acceptors (Lipinski definition) is 3. The summed E-state index contributed by atoms with van der Waals surface area (Å²) in [4.78, 5) is 37.0. The van der Waals surface area contributed by atoms with Gasteiger partial charge in [-0.3, -0.25) is 14.4 Å². The fraction of sp³-hybridized carbons (Fsp3) is 0.667. The molecule has 0 aromatic carbocycles. The Labute approximate surface area is 87.2 Å². The first-order valence-corrected chi connectivity index (χ1v) is 4.89. The number of amides is 3. The summed E-state index contributed by atoms with van der Waals surface area (Å²) in [5.74, 6) is -0.368. The van der Waals surface area contributed by atoms with Crippen LogP contribution in [0.15, 0.2) is 0 Å². The minimum Gasteiger partial charge on any atom is -0.352 e. The predicted molar refractivity (Wildman–Crippen MR) is 50.8 cm³/mol. The van der Waals surface area contributed by atoms with E-state index in [9.17, 15) is 14.4 Å². The molecule has 6 nitrogen and oxygen atoms in total. The van der Waals surface area contributed by atoms with Gasteiger partial charge in [0.25, 0.3) is 0 Å². The molecule has 2 heterocycles. The van der Waals surface area contributed by atoms with Gasteiger partial charge in [-0.2, -0.15) is 0 Å². The molecule has 6 heteroatoms. The smallest absolute Gasteiger partial charge is 0.243 e. The van der Waals surface area contributed by atoms with Crippen molar-refractivity contribution in [3.05, 3.63) is 0 Å². The molecule has 0 aromatic rings. The summed E-state index contributed by atoms with van der Waals surface area (Å²) in [6.45, 7) is 2.62. The number of piperazine rings is 2. The molecular formula is C9H13N3O3. The molecule has 0 saturated carbocycles. The lowest BCUT2D eigenvalue weighted by Crippen LogP contribution is -2.65. The zero-order valence-electron chi connectivity index (χ0n) is 8.52. The molecule has 0 aromatic heterocycles. The molecule has 0 bridgehead atoms. The minimum atomic E-state index is -0.142. The Bertz CT molecular complexity index is 329. The van der Waals surface area contributed by atoms with Gasteiger partial charge in [-0.15, -0.1) is 0 Å². The van der Waals surface area contributed by atoms with Crippen molar-refractivity contribution in [2.45, 2.75) is 13.0 Å². The molecule has 0 radical (unpaired) electrons. The SMILES string of the molecule is CC(=O)N1CC(=O)N2CC(=O)NCC2C1. The summed E-state index contributed by atoms with van der Waals surface area (Å²) < 4.78 is 0. The van der Waals surface area contributed by atoms with Crippen LogP contribution in [0.2, 0.25) is 0 Å². The second kappa shape index (κ2) is 3.52. The highest BCUT2D eigenvalue weighted by molar-refractivity contribution is 5.90. The number of rotatable bonds is 0. The number of carbonyl (C=O) groups excluding carboxylic acids is 3. The van der Waals surface area contributed by atoms with Crippen molar-refractivity contribution in [2.24, 2.45) is 0 Å². The average Bonchev–Trinajstić information content (AvgIpc) is 2.18. The summed E-state index contributed by atoms with van der Waals surface area (Å²) in [5, 5.41) is 2.69. The van der Waals surface area contributed by atoms with Crippen LogP contribution in [0.25, 0.3) is 0 Å². The number of nitrogens with zero attached hydrogens (tertiary/aromatic N) is 2. The molecule has 0 aliphatic carbocycles. The van der Waals surface area contributed by atoms with E-state index in [1.54, 1.807) is 4.90 Å². The molecule has 2 aliphatic heterocycles. The topological polar surface area (TPSA) is 69.7 Å². The highest BCUT2D eigenvalue weighted by Gasteiger charge is 2.37. The first-order valence-electron chi connectivity index (χ1n) is 4.89. The van der Waals surface area contributed by atoms with Gasteiger partial charge in [-0.1, -0.05) is 0 Å². The van der Waals surface area contributed by atoms with Crippen LogP contribution in [-0.4, -0.2) is 59.7 Å². The number of nitrogens with one attached hydrogen (secondary N) is 1. The van der Waals surface area contributed by atoms with Gasteiger partial charge in [-0.05, 0) is 0 Å². The van der Waals surface area contributed by atoms with Crippen molar-refractivity contribution in [1.82, 2.24) is 15.1 Å².